The van der Waals surface area contributed by atoms with Crippen LogP contribution in [0.5, 0.6) is 5.75 Å². The highest BCUT2D eigenvalue weighted by molar-refractivity contribution is 5.87. The van der Waals surface area contributed by atoms with E-state index in [-0.39, 0.29) is 19.0 Å². The smallest absolute Gasteiger partial charge is 0.310 e. The van der Waals surface area contributed by atoms with Crippen LogP contribution in [0.15, 0.2) is 53.1 Å². The Labute approximate surface area is 146 Å². The van der Waals surface area contributed by atoms with E-state index in [1.807, 2.05) is 30.3 Å². The second-order valence-electron chi connectivity index (χ2n) is 6.29. The Hall–Kier alpha value is -2.75. The van der Waals surface area contributed by atoms with E-state index in [9.17, 15) is 4.79 Å². The summed E-state index contributed by atoms with van der Waals surface area (Å²) in [5.74, 6) is 0.507. The van der Waals surface area contributed by atoms with Crippen molar-refractivity contribution in [1.82, 2.24) is 0 Å². The first-order chi connectivity index (χ1) is 12.3. The fourth-order valence-corrected chi connectivity index (χ4v) is 3.32. The number of esters is 1. The number of benzene rings is 2. The van der Waals surface area contributed by atoms with Gasteiger partial charge in [-0.15, -0.1) is 0 Å². The topological polar surface area (TPSA) is 48.7 Å². The van der Waals surface area contributed by atoms with E-state index in [0.717, 1.165) is 35.1 Å². The van der Waals surface area contributed by atoms with Crippen LogP contribution in [0.1, 0.15) is 23.1 Å². The van der Waals surface area contributed by atoms with Gasteiger partial charge >= 0.3 is 5.97 Å². The van der Waals surface area contributed by atoms with Crippen LogP contribution in [0.4, 0.5) is 0 Å². The summed E-state index contributed by atoms with van der Waals surface area (Å²) in [6.07, 6.45) is 5.31. The van der Waals surface area contributed by atoms with E-state index in [1.54, 1.807) is 6.26 Å². The van der Waals surface area contributed by atoms with Gasteiger partial charge in [-0.05, 0) is 54.7 Å². The Balaban J connectivity index is 1.32. The minimum absolute atomic E-state index is 0.219. The van der Waals surface area contributed by atoms with E-state index < -0.39 is 0 Å². The van der Waals surface area contributed by atoms with Crippen LogP contribution in [0.25, 0.3) is 11.0 Å². The van der Waals surface area contributed by atoms with Crippen LogP contribution in [0.2, 0.25) is 0 Å². The van der Waals surface area contributed by atoms with Gasteiger partial charge in [-0.1, -0.05) is 18.2 Å². The largest absolute Gasteiger partial charge is 0.490 e. The zero-order valence-electron chi connectivity index (χ0n) is 14.0. The van der Waals surface area contributed by atoms with Gasteiger partial charge in [0.1, 0.15) is 24.5 Å². The number of carbonyl (C=O) groups excluding carboxylic acids is 1. The summed E-state index contributed by atoms with van der Waals surface area (Å²) in [6, 6.07) is 13.8. The van der Waals surface area contributed by atoms with Crippen LogP contribution >= 0.6 is 0 Å². The maximum absolute atomic E-state index is 12.1. The molecule has 25 heavy (non-hydrogen) atoms. The Morgan fingerprint density at radius 2 is 1.84 bits per heavy atom. The summed E-state index contributed by atoms with van der Waals surface area (Å²) >= 11 is 0. The monoisotopic (exact) mass is 336 g/mol. The predicted octanol–water partition coefficient (Wildman–Crippen LogP) is 4.09. The van der Waals surface area contributed by atoms with Crippen molar-refractivity contribution in [2.75, 3.05) is 13.2 Å². The van der Waals surface area contributed by atoms with Crippen molar-refractivity contribution in [3.05, 3.63) is 65.4 Å². The number of aryl methyl sites for hydroxylation is 2. The Kier molecular flexibility index (Phi) is 4.42. The molecule has 0 atom stereocenters. The number of carbonyl (C=O) groups is 1. The normalized spacial score (nSPS) is 13.0. The lowest BCUT2D eigenvalue weighted by Crippen LogP contribution is -2.13. The van der Waals surface area contributed by atoms with Gasteiger partial charge in [0.05, 0.1) is 12.7 Å². The molecule has 0 N–H and O–H groups in total. The predicted molar refractivity (Wildman–Crippen MR) is 94.8 cm³/mol. The number of rotatable bonds is 6. The minimum atomic E-state index is -0.264. The molecule has 0 unspecified atom stereocenters. The molecule has 128 valence electrons. The lowest BCUT2D eigenvalue weighted by molar-refractivity contribution is -0.143. The second kappa shape index (κ2) is 7.01. The fourth-order valence-electron chi connectivity index (χ4n) is 3.32. The van der Waals surface area contributed by atoms with Crippen molar-refractivity contribution in [3.63, 3.8) is 0 Å². The molecule has 1 aliphatic rings. The van der Waals surface area contributed by atoms with Crippen LogP contribution in [0, 0.1) is 0 Å². The summed E-state index contributed by atoms with van der Waals surface area (Å²) in [7, 11) is 0. The number of ether oxygens (including phenoxy) is 2. The number of hydrogen-bond acceptors (Lipinski definition) is 4. The number of furan rings is 1. The van der Waals surface area contributed by atoms with Crippen molar-refractivity contribution in [2.45, 2.75) is 25.7 Å². The molecule has 4 nitrogen and oxygen atoms in total. The maximum atomic E-state index is 12.1. The van der Waals surface area contributed by atoms with Gasteiger partial charge in [-0.2, -0.15) is 0 Å². The third-order valence-corrected chi connectivity index (χ3v) is 4.56. The average Bonchev–Trinajstić information content (AvgIpc) is 3.24. The molecule has 0 saturated carbocycles. The summed E-state index contributed by atoms with van der Waals surface area (Å²) in [4.78, 5) is 12.1. The third-order valence-electron chi connectivity index (χ3n) is 4.56. The quantitative estimate of drug-likeness (QED) is 0.502. The molecule has 0 aliphatic heterocycles. The molecule has 0 amide bonds. The van der Waals surface area contributed by atoms with Crippen LogP contribution in [0.3, 0.4) is 0 Å². The van der Waals surface area contributed by atoms with Crippen LogP contribution < -0.4 is 4.74 Å². The molecule has 1 aromatic heterocycles. The summed E-state index contributed by atoms with van der Waals surface area (Å²) in [5, 5.41) is 1.03. The lowest BCUT2D eigenvalue weighted by atomic mass is 10.0. The van der Waals surface area contributed by atoms with Gasteiger partial charge < -0.3 is 13.9 Å². The first-order valence-corrected chi connectivity index (χ1v) is 8.65. The van der Waals surface area contributed by atoms with Crippen LogP contribution in [-0.2, 0) is 28.8 Å². The van der Waals surface area contributed by atoms with E-state index in [2.05, 4.69) is 12.1 Å². The van der Waals surface area contributed by atoms with Crippen molar-refractivity contribution in [1.29, 1.82) is 0 Å². The lowest BCUT2D eigenvalue weighted by Gasteiger charge is -2.07. The Morgan fingerprint density at radius 1 is 1.04 bits per heavy atom. The van der Waals surface area contributed by atoms with E-state index in [1.165, 1.54) is 17.5 Å². The molecule has 0 radical (unpaired) electrons. The van der Waals surface area contributed by atoms with Crippen molar-refractivity contribution >= 4 is 16.9 Å². The molecule has 0 fully saturated rings. The summed E-state index contributed by atoms with van der Waals surface area (Å²) in [5.41, 5.74) is 4.49. The molecule has 4 rings (SSSR count). The Bertz CT molecular complexity index is 880. The van der Waals surface area contributed by atoms with Gasteiger partial charge in [-0.25, -0.2) is 0 Å². The Morgan fingerprint density at radius 3 is 2.68 bits per heavy atom. The molecule has 0 saturated heterocycles. The molecule has 0 bridgehead atoms. The molecule has 4 heteroatoms. The van der Waals surface area contributed by atoms with Crippen molar-refractivity contribution in [3.8, 4) is 5.75 Å². The number of para-hydroxylation sites is 1. The molecular weight excluding hydrogens is 316 g/mol. The molecular formula is C21H20O4. The standard InChI is InChI=1S/C21H20O4/c22-21(24-10-9-23-18-7-2-1-3-8-18)13-17-14-25-20-12-16-6-4-5-15(16)11-19(17)20/h1-3,7-8,11-12,14H,4-6,9-10,13H2. The molecule has 1 heterocycles. The fraction of sp³-hybridized carbons (Fsp3) is 0.286. The first kappa shape index (κ1) is 15.8. The first-order valence-electron chi connectivity index (χ1n) is 8.65. The highest BCUT2D eigenvalue weighted by Crippen LogP contribution is 2.30. The molecule has 2 aromatic carbocycles. The number of hydrogen-bond donors (Lipinski definition) is 0. The van der Waals surface area contributed by atoms with Gasteiger partial charge in [0, 0.05) is 10.9 Å². The SMILES string of the molecule is O=C(Cc1coc2cc3c(cc12)CCC3)OCCOc1ccccc1. The number of fused-ring (bicyclic) bond motifs is 2. The zero-order valence-corrected chi connectivity index (χ0v) is 14.0. The average molecular weight is 336 g/mol. The molecule has 3 aromatic rings. The highest BCUT2D eigenvalue weighted by Gasteiger charge is 2.17. The third kappa shape index (κ3) is 3.53. The summed E-state index contributed by atoms with van der Waals surface area (Å²) in [6.45, 7) is 0.578. The van der Waals surface area contributed by atoms with Gasteiger partial charge in [-0.3, -0.25) is 4.79 Å². The van der Waals surface area contributed by atoms with E-state index in [4.69, 9.17) is 13.9 Å². The second-order valence-corrected chi connectivity index (χ2v) is 6.29. The summed E-state index contributed by atoms with van der Waals surface area (Å²) < 4.78 is 16.4. The van der Waals surface area contributed by atoms with E-state index >= 15 is 0 Å². The van der Waals surface area contributed by atoms with Crippen molar-refractivity contribution in [2.24, 2.45) is 0 Å². The minimum Gasteiger partial charge on any atom is -0.490 e. The van der Waals surface area contributed by atoms with Crippen molar-refractivity contribution < 1.29 is 18.7 Å². The molecule has 0 spiro atoms. The highest BCUT2D eigenvalue weighted by atomic mass is 16.6. The van der Waals surface area contributed by atoms with Gasteiger partial charge in [0.15, 0.2) is 0 Å². The van der Waals surface area contributed by atoms with E-state index in [0.29, 0.717) is 6.61 Å². The van der Waals surface area contributed by atoms with Crippen LogP contribution in [-0.4, -0.2) is 19.2 Å². The maximum Gasteiger partial charge on any atom is 0.310 e. The van der Waals surface area contributed by atoms with Gasteiger partial charge in [0.2, 0.25) is 0 Å². The van der Waals surface area contributed by atoms with Gasteiger partial charge in [0.25, 0.3) is 0 Å². The zero-order chi connectivity index (χ0) is 17.1. The molecule has 1 aliphatic carbocycles.